The average Bonchev–Trinajstić information content (AvgIpc) is 2.80. The zero-order chi connectivity index (χ0) is 20.1. The molecule has 3 atom stereocenters. The van der Waals surface area contributed by atoms with Crippen LogP contribution in [0.2, 0.25) is 0 Å². The molecule has 1 aliphatic rings. The quantitative estimate of drug-likeness (QED) is 0.452. The number of rotatable bonds is 6. The largest absolute Gasteiger partial charge is 0.341 e. The smallest absolute Gasteiger partial charge is 0.185 e. The summed E-state index contributed by atoms with van der Waals surface area (Å²) >= 11 is 0. The highest BCUT2D eigenvalue weighted by molar-refractivity contribution is 6.03. The lowest BCUT2D eigenvalue weighted by Crippen LogP contribution is -2.41. The van der Waals surface area contributed by atoms with Gasteiger partial charge in [-0.1, -0.05) is 111 Å². The van der Waals surface area contributed by atoms with Crippen LogP contribution in [-0.4, -0.2) is 5.71 Å². The molecule has 3 aromatic rings. The van der Waals surface area contributed by atoms with Gasteiger partial charge in [-0.3, -0.25) is 0 Å². The minimum atomic E-state index is -0.659. The molecule has 0 amide bonds. The molecule has 2 heteroatoms. The third kappa shape index (κ3) is 3.90. The maximum atomic E-state index is 6.95. The topological polar surface area (TPSA) is 21.6 Å². The molecular formula is C27H29NO. The van der Waals surface area contributed by atoms with Gasteiger partial charge in [-0.2, -0.15) is 0 Å². The summed E-state index contributed by atoms with van der Waals surface area (Å²) in [5, 5.41) is 0. The van der Waals surface area contributed by atoms with Gasteiger partial charge in [0.05, 0.1) is 11.8 Å². The Morgan fingerprint density at radius 3 is 1.97 bits per heavy atom. The van der Waals surface area contributed by atoms with Crippen molar-refractivity contribution in [2.75, 3.05) is 0 Å². The van der Waals surface area contributed by atoms with Crippen LogP contribution in [0.25, 0.3) is 0 Å². The minimum absolute atomic E-state index is 0.0272. The fraction of sp³-hybridized carbons (Fsp3) is 0.296. The molecule has 2 nitrogen and oxygen atoms in total. The Morgan fingerprint density at radius 2 is 1.38 bits per heavy atom. The lowest BCUT2D eigenvalue weighted by Gasteiger charge is -2.43. The average molecular weight is 384 g/mol. The van der Waals surface area contributed by atoms with Crippen LogP contribution in [0, 0.1) is 5.92 Å². The fourth-order valence-electron chi connectivity index (χ4n) is 4.41. The van der Waals surface area contributed by atoms with Gasteiger partial charge in [0.15, 0.2) is 5.72 Å². The molecule has 1 heterocycles. The summed E-state index contributed by atoms with van der Waals surface area (Å²) in [6, 6.07) is 31.8. The third-order valence-electron chi connectivity index (χ3n) is 5.79. The van der Waals surface area contributed by atoms with Crippen molar-refractivity contribution in [2.45, 2.75) is 44.9 Å². The van der Waals surface area contributed by atoms with Gasteiger partial charge in [0.25, 0.3) is 0 Å². The van der Waals surface area contributed by atoms with Crippen LogP contribution in [0.5, 0.6) is 0 Å². The monoisotopic (exact) mass is 383 g/mol. The number of hydrogen-bond acceptors (Lipinski definition) is 2. The van der Waals surface area contributed by atoms with Gasteiger partial charge in [-0.25, -0.2) is 4.99 Å². The Bertz CT molecular complexity index is 936. The van der Waals surface area contributed by atoms with Crippen molar-refractivity contribution in [3.8, 4) is 0 Å². The molecule has 3 aromatic carbocycles. The summed E-state index contributed by atoms with van der Waals surface area (Å²) in [4.78, 5) is 5.37. The van der Waals surface area contributed by atoms with Crippen molar-refractivity contribution in [3.05, 3.63) is 108 Å². The van der Waals surface area contributed by atoms with Crippen LogP contribution in [0.4, 0.5) is 0 Å². The highest BCUT2D eigenvalue weighted by Crippen LogP contribution is 2.46. The van der Waals surface area contributed by atoms with Crippen molar-refractivity contribution in [3.63, 3.8) is 0 Å². The summed E-state index contributed by atoms with van der Waals surface area (Å²) in [7, 11) is 0. The summed E-state index contributed by atoms with van der Waals surface area (Å²) < 4.78 is 6.95. The Morgan fingerprint density at radius 1 is 0.793 bits per heavy atom. The molecule has 0 fully saturated rings. The number of aliphatic imine (C=N–C) groups is 1. The molecule has 148 valence electrons. The van der Waals surface area contributed by atoms with Gasteiger partial charge in [0.2, 0.25) is 0 Å². The van der Waals surface area contributed by atoms with Crippen molar-refractivity contribution >= 4 is 5.71 Å². The molecule has 0 radical (unpaired) electrons. The van der Waals surface area contributed by atoms with Crippen LogP contribution in [0.1, 0.15) is 55.9 Å². The number of nitrogens with zero attached hydrogens (tertiary/aromatic N) is 1. The molecule has 0 saturated carbocycles. The van der Waals surface area contributed by atoms with Crippen molar-refractivity contribution < 1.29 is 4.74 Å². The van der Waals surface area contributed by atoms with Gasteiger partial charge < -0.3 is 4.74 Å². The molecule has 0 bridgehead atoms. The summed E-state index contributed by atoms with van der Waals surface area (Å²) in [5.41, 5.74) is 4.04. The van der Waals surface area contributed by atoms with Crippen LogP contribution < -0.4 is 0 Å². The van der Waals surface area contributed by atoms with Gasteiger partial charge in [0, 0.05) is 17.9 Å². The first kappa shape index (κ1) is 19.6. The molecule has 4 rings (SSSR count). The molecule has 29 heavy (non-hydrogen) atoms. The highest BCUT2D eigenvalue weighted by Gasteiger charge is 2.44. The van der Waals surface area contributed by atoms with Gasteiger partial charge >= 0.3 is 0 Å². The van der Waals surface area contributed by atoms with E-state index in [9.17, 15) is 0 Å². The van der Waals surface area contributed by atoms with Crippen molar-refractivity contribution in [1.29, 1.82) is 0 Å². The normalized spacial score (nSPS) is 24.1. The van der Waals surface area contributed by atoms with Crippen LogP contribution in [0.3, 0.4) is 0 Å². The number of ether oxygens (including phenoxy) is 1. The molecule has 1 aliphatic heterocycles. The van der Waals surface area contributed by atoms with E-state index in [4.69, 9.17) is 9.73 Å². The molecule has 0 unspecified atom stereocenters. The van der Waals surface area contributed by atoms with Gasteiger partial charge in [-0.15, -0.1) is 0 Å². The Hall–Kier alpha value is -2.71. The zero-order valence-corrected chi connectivity index (χ0v) is 17.3. The first-order valence-electron chi connectivity index (χ1n) is 10.7. The van der Waals surface area contributed by atoms with E-state index in [0.29, 0.717) is 0 Å². The van der Waals surface area contributed by atoms with E-state index in [0.717, 1.165) is 30.5 Å². The second kappa shape index (κ2) is 8.75. The minimum Gasteiger partial charge on any atom is -0.341 e. The van der Waals surface area contributed by atoms with Crippen molar-refractivity contribution in [1.82, 2.24) is 0 Å². The van der Waals surface area contributed by atoms with E-state index in [2.05, 4.69) is 105 Å². The van der Waals surface area contributed by atoms with Crippen LogP contribution in [-0.2, 0) is 10.5 Å². The standard InChI is InChI=1S/C27H29NO/c1-3-20-27(23-18-12-7-13-19-23)28-25(21-14-8-5-9-15-21)24(4-2)26(29-27)22-16-10-6-11-17-22/h5-19,24,26H,3-4,20H2,1-2H3/t24-,26-,27-/m1/s1. The molecular weight excluding hydrogens is 354 g/mol. The number of benzene rings is 3. The third-order valence-corrected chi connectivity index (χ3v) is 5.79. The number of hydrogen-bond donors (Lipinski definition) is 0. The molecule has 0 N–H and O–H groups in total. The van der Waals surface area contributed by atoms with E-state index in [1.807, 2.05) is 0 Å². The lowest BCUT2D eigenvalue weighted by atomic mass is 9.82. The van der Waals surface area contributed by atoms with Gasteiger partial charge in [-0.05, 0) is 17.5 Å². The molecule has 0 spiro atoms. The van der Waals surface area contributed by atoms with Crippen LogP contribution >= 0.6 is 0 Å². The van der Waals surface area contributed by atoms with E-state index >= 15 is 0 Å². The predicted octanol–water partition coefficient (Wildman–Crippen LogP) is 6.93. The van der Waals surface area contributed by atoms with E-state index in [-0.39, 0.29) is 12.0 Å². The molecule has 0 aromatic heterocycles. The van der Waals surface area contributed by atoms with E-state index in [1.165, 1.54) is 11.1 Å². The second-order valence-corrected chi connectivity index (χ2v) is 7.73. The zero-order valence-electron chi connectivity index (χ0n) is 17.3. The maximum absolute atomic E-state index is 6.95. The summed E-state index contributed by atoms with van der Waals surface area (Å²) in [6.07, 6.45) is 2.80. The second-order valence-electron chi connectivity index (χ2n) is 7.73. The Kier molecular flexibility index (Phi) is 5.92. The summed E-state index contributed by atoms with van der Waals surface area (Å²) in [6.45, 7) is 4.44. The first-order valence-corrected chi connectivity index (χ1v) is 10.7. The molecule has 0 saturated heterocycles. The SMILES string of the molecule is CCC[C@@]1(c2ccccc2)N=C(c2ccccc2)[C@@H](CC)[C@@H](c2ccccc2)O1. The Labute approximate surface area is 174 Å². The summed E-state index contributed by atoms with van der Waals surface area (Å²) in [5.74, 6) is 0.216. The van der Waals surface area contributed by atoms with E-state index in [1.54, 1.807) is 0 Å². The van der Waals surface area contributed by atoms with Crippen molar-refractivity contribution in [2.24, 2.45) is 10.9 Å². The lowest BCUT2D eigenvalue weighted by molar-refractivity contribution is -0.126. The Balaban J connectivity index is 1.92. The fourth-order valence-corrected chi connectivity index (χ4v) is 4.41. The highest BCUT2D eigenvalue weighted by atomic mass is 16.5. The maximum Gasteiger partial charge on any atom is 0.185 e. The first-order chi connectivity index (χ1) is 14.3. The van der Waals surface area contributed by atoms with E-state index < -0.39 is 5.72 Å². The predicted molar refractivity (Wildman–Crippen MR) is 120 cm³/mol. The molecule has 0 aliphatic carbocycles. The van der Waals surface area contributed by atoms with Gasteiger partial charge in [0.1, 0.15) is 0 Å². The van der Waals surface area contributed by atoms with Crippen LogP contribution in [0.15, 0.2) is 96.0 Å².